The molecule has 7 heteroatoms. The molecule has 2 aliphatic rings. The van der Waals surface area contributed by atoms with E-state index < -0.39 is 5.83 Å². The van der Waals surface area contributed by atoms with Gasteiger partial charge >= 0.3 is 6.03 Å². The minimum absolute atomic E-state index is 0.0618. The summed E-state index contributed by atoms with van der Waals surface area (Å²) in [4.78, 5) is 20.8. The highest BCUT2D eigenvalue weighted by molar-refractivity contribution is 6.31. The summed E-state index contributed by atoms with van der Waals surface area (Å²) in [6, 6.07) is 1.62. The number of amides is 2. The van der Waals surface area contributed by atoms with Crippen LogP contribution in [0.15, 0.2) is 41.5 Å². The van der Waals surface area contributed by atoms with Crippen molar-refractivity contribution in [1.29, 1.82) is 0 Å². The molecule has 5 nitrogen and oxygen atoms in total. The van der Waals surface area contributed by atoms with E-state index in [1.807, 2.05) is 24.1 Å². The number of carbonyl (C=O) groups excluding carboxylic acids is 1. The third-order valence-electron chi connectivity index (χ3n) is 4.55. The number of halogens is 2. The van der Waals surface area contributed by atoms with Gasteiger partial charge in [0.2, 0.25) is 0 Å². The maximum absolute atomic E-state index is 13.3. The first-order valence-electron chi connectivity index (χ1n) is 8.49. The van der Waals surface area contributed by atoms with Gasteiger partial charge in [0.05, 0.1) is 11.1 Å². The summed E-state index contributed by atoms with van der Waals surface area (Å²) in [5.74, 6) is -0.426. The van der Waals surface area contributed by atoms with Crippen LogP contribution in [0.1, 0.15) is 18.4 Å². The summed E-state index contributed by atoms with van der Waals surface area (Å²) in [6.45, 7) is 5.05. The van der Waals surface area contributed by atoms with Gasteiger partial charge in [-0.1, -0.05) is 11.6 Å². The normalized spacial score (nSPS) is 21.3. The van der Waals surface area contributed by atoms with Gasteiger partial charge < -0.3 is 15.1 Å². The Bertz CT molecular complexity index is 706. The molecule has 1 aromatic rings. The van der Waals surface area contributed by atoms with Crippen molar-refractivity contribution < 1.29 is 9.18 Å². The highest BCUT2D eigenvalue weighted by atomic mass is 35.5. The Hall–Kier alpha value is -2.08. The average molecular weight is 365 g/mol. The lowest BCUT2D eigenvalue weighted by Crippen LogP contribution is -2.46. The van der Waals surface area contributed by atoms with Crippen molar-refractivity contribution in [2.24, 2.45) is 0 Å². The van der Waals surface area contributed by atoms with Crippen molar-refractivity contribution in [3.63, 3.8) is 0 Å². The second-order valence-corrected chi connectivity index (χ2v) is 6.76. The minimum atomic E-state index is -0.426. The van der Waals surface area contributed by atoms with Crippen LogP contribution in [0.25, 0.3) is 0 Å². The summed E-state index contributed by atoms with van der Waals surface area (Å²) in [7, 11) is 0. The molecule has 0 radical (unpaired) electrons. The van der Waals surface area contributed by atoms with Crippen LogP contribution in [0.5, 0.6) is 0 Å². The van der Waals surface area contributed by atoms with Crippen molar-refractivity contribution in [1.82, 2.24) is 15.2 Å². The summed E-state index contributed by atoms with van der Waals surface area (Å²) in [5.41, 5.74) is 2.30. The first-order chi connectivity index (χ1) is 12.0. The maximum Gasteiger partial charge on any atom is 0.317 e. The van der Waals surface area contributed by atoms with Crippen LogP contribution in [0.3, 0.4) is 0 Å². The van der Waals surface area contributed by atoms with Crippen molar-refractivity contribution >= 4 is 23.3 Å². The molecule has 1 fully saturated rings. The Kier molecular flexibility index (Phi) is 5.58. The van der Waals surface area contributed by atoms with E-state index in [9.17, 15) is 9.18 Å². The third kappa shape index (κ3) is 4.31. The van der Waals surface area contributed by atoms with Gasteiger partial charge in [-0.3, -0.25) is 4.98 Å². The van der Waals surface area contributed by atoms with Crippen LogP contribution in [-0.4, -0.2) is 48.1 Å². The molecule has 134 valence electrons. The summed E-state index contributed by atoms with van der Waals surface area (Å²) >= 11 is 5.80. The Morgan fingerprint density at radius 2 is 2.20 bits per heavy atom. The molecule has 1 atom stereocenters. The summed E-state index contributed by atoms with van der Waals surface area (Å²) < 4.78 is 13.3. The van der Waals surface area contributed by atoms with E-state index in [0.717, 1.165) is 25.1 Å². The number of nitrogens with zero attached hydrogens (tertiary/aromatic N) is 3. The highest BCUT2D eigenvalue weighted by Crippen LogP contribution is 2.23. The Balaban J connectivity index is 1.58. The van der Waals surface area contributed by atoms with Gasteiger partial charge in [-0.15, -0.1) is 0 Å². The first-order valence-corrected chi connectivity index (χ1v) is 8.87. The number of hydrogen-bond donors (Lipinski definition) is 1. The summed E-state index contributed by atoms with van der Waals surface area (Å²) in [5, 5.41) is 2.98. The van der Waals surface area contributed by atoms with Gasteiger partial charge in [0.15, 0.2) is 0 Å². The number of allylic oxidation sites excluding steroid dienone is 2. The van der Waals surface area contributed by atoms with Crippen LogP contribution < -0.4 is 10.2 Å². The predicted octanol–water partition coefficient (Wildman–Crippen LogP) is 3.36. The van der Waals surface area contributed by atoms with Crippen LogP contribution in [-0.2, 0) is 0 Å². The molecule has 1 N–H and O–H groups in total. The molecule has 3 rings (SSSR count). The van der Waals surface area contributed by atoms with Gasteiger partial charge in [0, 0.05) is 44.3 Å². The number of carbonyl (C=O) groups is 1. The number of anilines is 1. The molecule has 1 unspecified atom stereocenters. The number of nitrogens with one attached hydrogen (secondary N) is 1. The second kappa shape index (κ2) is 7.87. The van der Waals surface area contributed by atoms with E-state index in [2.05, 4.69) is 15.2 Å². The molecular formula is C18H22ClFN4O. The third-order valence-corrected chi connectivity index (χ3v) is 4.86. The van der Waals surface area contributed by atoms with Crippen LogP contribution in [0, 0.1) is 6.92 Å². The summed E-state index contributed by atoms with van der Waals surface area (Å²) in [6.07, 6.45) is 7.93. The zero-order valence-corrected chi connectivity index (χ0v) is 15.0. The van der Waals surface area contributed by atoms with Crippen molar-refractivity contribution in [3.8, 4) is 0 Å². The lowest BCUT2D eigenvalue weighted by molar-refractivity contribution is 0.199. The van der Waals surface area contributed by atoms with Crippen LogP contribution in [0.2, 0.25) is 0 Å². The van der Waals surface area contributed by atoms with Gasteiger partial charge in [-0.2, -0.15) is 0 Å². The standard InChI is InChI=1S/C18H22ClFN4O/c1-13-12-21-6-5-17(13)23-7-2-8-24(10-9-23)18(25)22-14-3-4-16(20)15(19)11-14/h4-6,11-12,14H,2-3,7-10H2,1H3,(H,22,25). The molecule has 25 heavy (non-hydrogen) atoms. The molecule has 1 saturated heterocycles. The van der Waals surface area contributed by atoms with Gasteiger partial charge in [-0.05, 0) is 43.5 Å². The van der Waals surface area contributed by atoms with E-state index in [4.69, 9.17) is 11.6 Å². The molecule has 1 aliphatic heterocycles. The largest absolute Gasteiger partial charge is 0.369 e. The molecular weight excluding hydrogens is 343 g/mol. The number of aromatic nitrogens is 1. The fraction of sp³-hybridized carbons (Fsp3) is 0.444. The quantitative estimate of drug-likeness (QED) is 0.875. The number of rotatable bonds is 2. The topological polar surface area (TPSA) is 48.5 Å². The lowest BCUT2D eigenvalue weighted by atomic mass is 10.1. The smallest absolute Gasteiger partial charge is 0.317 e. The molecule has 2 amide bonds. The molecule has 2 heterocycles. The lowest BCUT2D eigenvalue weighted by Gasteiger charge is -2.26. The maximum atomic E-state index is 13.3. The molecule has 0 spiro atoms. The molecule has 1 aromatic heterocycles. The van der Waals surface area contributed by atoms with Gasteiger partial charge in [-0.25, -0.2) is 9.18 Å². The van der Waals surface area contributed by atoms with Crippen LogP contribution >= 0.6 is 11.6 Å². The van der Waals surface area contributed by atoms with E-state index in [1.54, 1.807) is 12.3 Å². The molecule has 0 saturated carbocycles. The predicted molar refractivity (Wildman–Crippen MR) is 97.4 cm³/mol. The molecule has 0 bridgehead atoms. The minimum Gasteiger partial charge on any atom is -0.369 e. The Morgan fingerprint density at radius 3 is 2.96 bits per heavy atom. The van der Waals surface area contributed by atoms with E-state index >= 15 is 0 Å². The molecule has 0 aromatic carbocycles. The SMILES string of the molecule is Cc1cnccc1N1CCCN(C(=O)NC2C=C(Cl)C(F)=CC2)CC1. The fourth-order valence-corrected chi connectivity index (χ4v) is 3.41. The van der Waals surface area contributed by atoms with Crippen molar-refractivity contribution in [3.05, 3.63) is 47.0 Å². The number of hydrogen-bond acceptors (Lipinski definition) is 3. The number of pyridine rings is 1. The zero-order valence-electron chi connectivity index (χ0n) is 14.2. The fourth-order valence-electron chi connectivity index (χ4n) is 3.19. The van der Waals surface area contributed by atoms with Gasteiger partial charge in [0.1, 0.15) is 5.83 Å². The number of urea groups is 1. The first kappa shape index (κ1) is 17.7. The average Bonchev–Trinajstić information content (AvgIpc) is 2.85. The monoisotopic (exact) mass is 364 g/mol. The number of aryl methyl sites for hydroxylation is 1. The van der Waals surface area contributed by atoms with Crippen molar-refractivity contribution in [2.45, 2.75) is 25.8 Å². The second-order valence-electron chi connectivity index (χ2n) is 6.35. The van der Waals surface area contributed by atoms with Gasteiger partial charge in [0.25, 0.3) is 0 Å². The molecule has 1 aliphatic carbocycles. The van der Waals surface area contributed by atoms with E-state index in [-0.39, 0.29) is 17.1 Å². The van der Waals surface area contributed by atoms with Crippen LogP contribution in [0.4, 0.5) is 14.9 Å². The zero-order chi connectivity index (χ0) is 17.8. The van der Waals surface area contributed by atoms with Crippen molar-refractivity contribution in [2.75, 3.05) is 31.1 Å². The van der Waals surface area contributed by atoms with E-state index in [1.165, 1.54) is 11.8 Å². The highest BCUT2D eigenvalue weighted by Gasteiger charge is 2.23. The Morgan fingerprint density at radius 1 is 1.36 bits per heavy atom. The van der Waals surface area contributed by atoms with E-state index in [0.29, 0.717) is 19.5 Å². The Labute approximate surface area is 152 Å².